The molecule has 0 aromatic heterocycles. The fraction of sp³-hybridized carbons (Fsp3) is 0.529. The Morgan fingerprint density at radius 2 is 2.00 bits per heavy atom. The van der Waals surface area contributed by atoms with E-state index in [4.69, 9.17) is 0 Å². The maximum atomic E-state index is 12.7. The van der Waals surface area contributed by atoms with E-state index in [1.807, 2.05) is 0 Å². The largest absolute Gasteiger partial charge is 0.352 e. The van der Waals surface area contributed by atoms with Gasteiger partial charge in [0.25, 0.3) is 0 Å². The molecule has 0 saturated heterocycles. The summed E-state index contributed by atoms with van der Waals surface area (Å²) >= 11 is 0. The van der Waals surface area contributed by atoms with E-state index in [2.05, 4.69) is 10.6 Å². The van der Waals surface area contributed by atoms with Crippen molar-refractivity contribution < 1.29 is 18.0 Å². The van der Waals surface area contributed by atoms with Crippen LogP contribution >= 0.6 is 0 Å². The number of fused-ring (bicyclic) bond motifs is 1. The molecular formula is C17H23N3O4S. The molecule has 1 aliphatic heterocycles. The van der Waals surface area contributed by atoms with Crippen LogP contribution in [0.15, 0.2) is 23.1 Å². The van der Waals surface area contributed by atoms with Gasteiger partial charge in [-0.1, -0.05) is 12.8 Å². The molecule has 2 amide bonds. The van der Waals surface area contributed by atoms with Gasteiger partial charge in [-0.05, 0) is 43.0 Å². The van der Waals surface area contributed by atoms with Crippen molar-refractivity contribution in [2.24, 2.45) is 0 Å². The predicted molar refractivity (Wildman–Crippen MR) is 93.6 cm³/mol. The van der Waals surface area contributed by atoms with Crippen LogP contribution in [0.3, 0.4) is 0 Å². The number of sulfonamides is 1. The number of rotatable bonds is 5. The fourth-order valence-electron chi connectivity index (χ4n) is 3.33. The summed E-state index contributed by atoms with van der Waals surface area (Å²) in [6.45, 7) is -0.202. The van der Waals surface area contributed by atoms with Crippen molar-refractivity contribution in [2.45, 2.75) is 49.5 Å². The Morgan fingerprint density at radius 3 is 2.72 bits per heavy atom. The molecule has 1 fully saturated rings. The van der Waals surface area contributed by atoms with Gasteiger partial charge in [-0.3, -0.25) is 9.59 Å². The summed E-state index contributed by atoms with van der Waals surface area (Å²) in [5.74, 6) is -0.341. The van der Waals surface area contributed by atoms with Crippen LogP contribution in [0.4, 0.5) is 5.69 Å². The van der Waals surface area contributed by atoms with E-state index in [1.165, 1.54) is 13.1 Å². The van der Waals surface area contributed by atoms with Crippen LogP contribution in [-0.2, 0) is 26.0 Å². The number of likely N-dealkylation sites (N-methyl/N-ethyl adjacent to an activating group) is 1. The number of carbonyl (C=O) groups is 2. The van der Waals surface area contributed by atoms with Gasteiger partial charge < -0.3 is 10.6 Å². The molecule has 0 atom stereocenters. The minimum atomic E-state index is -3.75. The van der Waals surface area contributed by atoms with Gasteiger partial charge in [0.15, 0.2) is 0 Å². The lowest BCUT2D eigenvalue weighted by Crippen LogP contribution is -2.41. The number of nitrogens with one attached hydrogen (secondary N) is 2. The van der Waals surface area contributed by atoms with Crippen LogP contribution in [0.1, 0.15) is 37.7 Å². The van der Waals surface area contributed by atoms with E-state index in [1.54, 1.807) is 12.1 Å². The Balaban J connectivity index is 1.69. The molecule has 0 spiro atoms. The highest BCUT2D eigenvalue weighted by Crippen LogP contribution is 2.26. The number of carbonyl (C=O) groups excluding carboxylic acids is 2. The van der Waals surface area contributed by atoms with Crippen LogP contribution in [0.25, 0.3) is 0 Å². The molecule has 1 saturated carbocycles. The Labute approximate surface area is 147 Å². The second-order valence-corrected chi connectivity index (χ2v) is 8.72. The summed E-state index contributed by atoms with van der Waals surface area (Å²) in [5.41, 5.74) is 1.45. The van der Waals surface area contributed by atoms with Gasteiger partial charge in [0, 0.05) is 25.2 Å². The quantitative estimate of drug-likeness (QED) is 0.821. The van der Waals surface area contributed by atoms with Crippen molar-refractivity contribution in [1.82, 2.24) is 9.62 Å². The molecule has 7 nitrogen and oxygen atoms in total. The molecule has 8 heteroatoms. The van der Waals surface area contributed by atoms with Crippen molar-refractivity contribution in [1.29, 1.82) is 0 Å². The van der Waals surface area contributed by atoms with Crippen LogP contribution < -0.4 is 10.6 Å². The number of nitrogens with zero attached hydrogens (tertiary/aromatic N) is 1. The molecule has 3 rings (SSSR count). The molecule has 0 bridgehead atoms. The third kappa shape index (κ3) is 4.01. The number of benzene rings is 1. The molecule has 1 aromatic rings. The SMILES string of the molecule is CN(CC(=O)NC1CCCC1)S(=O)(=O)c1ccc2c(c1)CCC(=O)N2. The Bertz CT molecular complexity index is 785. The molecular weight excluding hydrogens is 342 g/mol. The normalized spacial score (nSPS) is 18.1. The summed E-state index contributed by atoms with van der Waals surface area (Å²) < 4.78 is 26.5. The third-order valence-corrected chi connectivity index (χ3v) is 6.57. The first-order chi connectivity index (χ1) is 11.9. The Hall–Kier alpha value is -1.93. The van der Waals surface area contributed by atoms with E-state index in [0.717, 1.165) is 35.6 Å². The van der Waals surface area contributed by atoms with Crippen LogP contribution in [-0.4, -0.2) is 44.2 Å². The Kier molecular flexibility index (Phi) is 5.10. The van der Waals surface area contributed by atoms with Gasteiger partial charge in [0.1, 0.15) is 0 Å². The molecule has 25 heavy (non-hydrogen) atoms. The molecule has 1 heterocycles. The zero-order chi connectivity index (χ0) is 18.0. The molecule has 136 valence electrons. The zero-order valence-corrected chi connectivity index (χ0v) is 15.1. The smallest absolute Gasteiger partial charge is 0.243 e. The van der Waals surface area contributed by atoms with Crippen LogP contribution in [0.2, 0.25) is 0 Å². The van der Waals surface area contributed by atoms with Crippen molar-refractivity contribution in [3.05, 3.63) is 23.8 Å². The Morgan fingerprint density at radius 1 is 1.28 bits per heavy atom. The molecule has 2 aliphatic rings. The van der Waals surface area contributed by atoms with Gasteiger partial charge in [-0.15, -0.1) is 0 Å². The standard InChI is InChI=1S/C17H23N3O4S/c1-20(11-17(22)18-13-4-2-3-5-13)25(23,24)14-7-8-15-12(10-14)6-9-16(21)19-15/h7-8,10,13H,2-6,9,11H2,1H3,(H,18,22)(H,19,21). The molecule has 2 N–H and O–H groups in total. The first-order valence-corrected chi connectivity index (χ1v) is 9.99. The molecule has 0 radical (unpaired) electrons. The topological polar surface area (TPSA) is 95.6 Å². The second-order valence-electron chi connectivity index (χ2n) is 6.68. The van der Waals surface area contributed by atoms with E-state index in [9.17, 15) is 18.0 Å². The van der Waals surface area contributed by atoms with Crippen molar-refractivity contribution in [3.63, 3.8) is 0 Å². The molecule has 1 aliphatic carbocycles. The number of anilines is 1. The third-order valence-electron chi connectivity index (χ3n) is 4.77. The molecule has 1 aromatic carbocycles. The van der Waals surface area contributed by atoms with Gasteiger partial charge in [0.2, 0.25) is 21.8 Å². The monoisotopic (exact) mass is 365 g/mol. The van der Waals surface area contributed by atoms with E-state index >= 15 is 0 Å². The highest BCUT2D eigenvalue weighted by Gasteiger charge is 2.26. The first-order valence-electron chi connectivity index (χ1n) is 8.55. The van der Waals surface area contributed by atoms with Crippen LogP contribution in [0, 0.1) is 0 Å². The summed E-state index contributed by atoms with van der Waals surface area (Å²) in [6.07, 6.45) is 4.97. The van der Waals surface area contributed by atoms with E-state index in [0.29, 0.717) is 18.5 Å². The summed E-state index contributed by atoms with van der Waals surface area (Å²) in [6, 6.07) is 4.81. The maximum absolute atomic E-state index is 12.7. The van der Waals surface area contributed by atoms with Crippen molar-refractivity contribution >= 4 is 27.5 Å². The van der Waals surface area contributed by atoms with E-state index in [-0.39, 0.29) is 29.3 Å². The van der Waals surface area contributed by atoms with Crippen LogP contribution in [0.5, 0.6) is 0 Å². The second kappa shape index (κ2) is 7.13. The average Bonchev–Trinajstić information content (AvgIpc) is 3.06. The lowest BCUT2D eigenvalue weighted by atomic mass is 10.0. The van der Waals surface area contributed by atoms with Gasteiger partial charge in [0.05, 0.1) is 11.4 Å². The summed E-state index contributed by atoms with van der Waals surface area (Å²) in [5, 5.41) is 5.62. The first kappa shape index (κ1) is 17.9. The lowest BCUT2D eigenvalue weighted by molar-refractivity contribution is -0.121. The number of hydrogen-bond donors (Lipinski definition) is 2. The fourth-order valence-corrected chi connectivity index (χ4v) is 4.51. The highest BCUT2D eigenvalue weighted by atomic mass is 32.2. The number of hydrogen-bond acceptors (Lipinski definition) is 4. The van der Waals surface area contributed by atoms with Crippen molar-refractivity contribution in [2.75, 3.05) is 18.9 Å². The predicted octanol–water partition coefficient (Wildman–Crippen LogP) is 1.25. The maximum Gasteiger partial charge on any atom is 0.243 e. The van der Waals surface area contributed by atoms with Crippen molar-refractivity contribution in [3.8, 4) is 0 Å². The number of amides is 2. The number of aryl methyl sites for hydroxylation is 1. The lowest BCUT2D eigenvalue weighted by Gasteiger charge is -2.21. The van der Waals surface area contributed by atoms with Gasteiger partial charge in [-0.25, -0.2) is 8.42 Å². The highest BCUT2D eigenvalue weighted by molar-refractivity contribution is 7.89. The van der Waals surface area contributed by atoms with Gasteiger partial charge in [-0.2, -0.15) is 4.31 Å². The van der Waals surface area contributed by atoms with E-state index < -0.39 is 10.0 Å². The minimum Gasteiger partial charge on any atom is -0.352 e. The zero-order valence-electron chi connectivity index (χ0n) is 14.2. The van der Waals surface area contributed by atoms with Gasteiger partial charge >= 0.3 is 0 Å². The summed E-state index contributed by atoms with van der Waals surface area (Å²) in [7, 11) is -2.35. The molecule has 0 unspecified atom stereocenters. The average molecular weight is 365 g/mol. The summed E-state index contributed by atoms with van der Waals surface area (Å²) in [4.78, 5) is 23.6. The minimum absolute atomic E-state index is 0.0659.